The van der Waals surface area contributed by atoms with Crippen LogP contribution in [-0.2, 0) is 21.7 Å². The van der Waals surface area contributed by atoms with Crippen LogP contribution in [0.1, 0.15) is 152 Å². The number of hydrogen-bond acceptors (Lipinski definition) is 0. The Morgan fingerprint density at radius 3 is 0.727 bits per heavy atom. The quantitative estimate of drug-likeness (QED) is 0.225. The molecule has 2 aliphatic rings. The summed E-state index contributed by atoms with van der Waals surface area (Å²) in [5.41, 5.74) is 18.1. The SMILES string of the molecule is CC(C)(C)c1ccc2c(c1)C(CCC1c3cc(C(C)(C)C)ccc3-c3ccc(C(C)(C)C)cc31)c1cc(C(C)(C)C)ccc1-2. The molecule has 4 aromatic carbocycles. The smallest absolute Gasteiger partial charge is 0.0102 e. The van der Waals surface area contributed by atoms with Crippen LogP contribution in [0, 0.1) is 0 Å². The van der Waals surface area contributed by atoms with Crippen LogP contribution in [0.2, 0.25) is 0 Å². The summed E-state index contributed by atoms with van der Waals surface area (Å²) in [4.78, 5) is 0. The molecule has 0 aliphatic heterocycles. The van der Waals surface area contributed by atoms with Gasteiger partial charge >= 0.3 is 0 Å². The third kappa shape index (κ3) is 5.37. The van der Waals surface area contributed by atoms with Gasteiger partial charge in [0.1, 0.15) is 0 Å². The average molecular weight is 583 g/mol. The standard InChI is InChI=1S/C44H54/c1-41(2,3)27-13-17-31-32-18-14-28(42(4,5)6)24-38(32)35(37(31)23-27)21-22-36-39-25-29(43(7,8)9)15-19-33(39)34-20-16-30(26-40(34)36)44(10,11)12/h13-20,23-26,35-36H,21-22H2,1-12H3. The zero-order valence-electron chi connectivity index (χ0n) is 29.5. The molecule has 0 heterocycles. The van der Waals surface area contributed by atoms with Crippen LogP contribution in [0.5, 0.6) is 0 Å². The summed E-state index contributed by atoms with van der Waals surface area (Å²) in [7, 11) is 0. The first-order valence-corrected chi connectivity index (χ1v) is 16.9. The highest BCUT2D eigenvalue weighted by Gasteiger charge is 2.35. The second-order valence-corrected chi connectivity index (χ2v) is 17.9. The van der Waals surface area contributed by atoms with Crippen molar-refractivity contribution in [3.05, 3.63) is 117 Å². The lowest BCUT2D eigenvalue weighted by Gasteiger charge is -2.25. The monoisotopic (exact) mass is 582 g/mol. The molecule has 0 nitrogen and oxygen atoms in total. The van der Waals surface area contributed by atoms with E-state index >= 15 is 0 Å². The predicted octanol–water partition coefficient (Wildman–Crippen LogP) is 12.6. The van der Waals surface area contributed by atoms with E-state index in [1.807, 2.05) is 0 Å². The Kier molecular flexibility index (Phi) is 7.16. The molecule has 2 aliphatic carbocycles. The molecule has 6 rings (SSSR count). The zero-order valence-corrected chi connectivity index (χ0v) is 29.5. The average Bonchev–Trinajstić information content (AvgIpc) is 3.40. The maximum Gasteiger partial charge on any atom is 0.0102 e. The van der Waals surface area contributed by atoms with Gasteiger partial charge in [0.15, 0.2) is 0 Å². The normalized spacial score (nSPS) is 15.3. The molecule has 0 spiro atoms. The Hall–Kier alpha value is -3.12. The summed E-state index contributed by atoms with van der Waals surface area (Å²) in [5.74, 6) is 0.822. The van der Waals surface area contributed by atoms with Crippen LogP contribution in [0.15, 0.2) is 72.8 Å². The van der Waals surface area contributed by atoms with E-state index in [4.69, 9.17) is 0 Å². The van der Waals surface area contributed by atoms with Crippen molar-refractivity contribution in [1.29, 1.82) is 0 Å². The number of benzene rings is 4. The van der Waals surface area contributed by atoms with Gasteiger partial charge in [-0.05, 0) is 101 Å². The molecule has 0 saturated heterocycles. The van der Waals surface area contributed by atoms with Crippen molar-refractivity contribution in [2.24, 2.45) is 0 Å². The van der Waals surface area contributed by atoms with Crippen molar-refractivity contribution >= 4 is 0 Å². The first-order valence-electron chi connectivity index (χ1n) is 16.9. The number of hydrogen-bond donors (Lipinski definition) is 0. The van der Waals surface area contributed by atoms with Crippen LogP contribution >= 0.6 is 0 Å². The molecule has 0 atom stereocenters. The van der Waals surface area contributed by atoms with Crippen molar-refractivity contribution in [3.8, 4) is 22.3 Å². The molecule has 0 saturated carbocycles. The van der Waals surface area contributed by atoms with Crippen molar-refractivity contribution in [2.45, 2.75) is 129 Å². The van der Waals surface area contributed by atoms with Gasteiger partial charge < -0.3 is 0 Å². The minimum Gasteiger partial charge on any atom is -0.0579 e. The summed E-state index contributed by atoms with van der Waals surface area (Å²) in [6, 6.07) is 29.3. The van der Waals surface area contributed by atoms with Gasteiger partial charge in [0, 0.05) is 11.8 Å². The number of fused-ring (bicyclic) bond motifs is 6. The maximum absolute atomic E-state index is 2.54. The molecule has 0 unspecified atom stereocenters. The van der Waals surface area contributed by atoms with Crippen molar-refractivity contribution in [2.75, 3.05) is 0 Å². The molecule has 0 bridgehead atoms. The maximum atomic E-state index is 2.54. The summed E-state index contributed by atoms with van der Waals surface area (Å²) in [6.45, 7) is 28.1. The summed E-state index contributed by atoms with van der Waals surface area (Å²) in [6.07, 6.45) is 2.29. The molecule has 0 N–H and O–H groups in total. The molecule has 4 aromatic rings. The molecular formula is C44H54. The summed E-state index contributed by atoms with van der Waals surface area (Å²) in [5, 5.41) is 0. The van der Waals surface area contributed by atoms with Gasteiger partial charge in [0.05, 0.1) is 0 Å². The lowest BCUT2D eigenvalue weighted by Crippen LogP contribution is -2.13. The molecule has 44 heavy (non-hydrogen) atoms. The fourth-order valence-corrected chi connectivity index (χ4v) is 7.54. The van der Waals surface area contributed by atoms with Gasteiger partial charge in [-0.1, -0.05) is 156 Å². The first kappa shape index (κ1) is 30.9. The molecule has 0 fully saturated rings. The van der Waals surface area contributed by atoms with Crippen molar-refractivity contribution in [3.63, 3.8) is 0 Å². The van der Waals surface area contributed by atoms with Crippen LogP contribution < -0.4 is 0 Å². The van der Waals surface area contributed by atoms with E-state index in [1.165, 1.54) is 66.8 Å². The van der Waals surface area contributed by atoms with E-state index in [1.54, 1.807) is 0 Å². The Bertz CT molecular complexity index is 1480. The predicted molar refractivity (Wildman–Crippen MR) is 191 cm³/mol. The summed E-state index contributed by atoms with van der Waals surface area (Å²) >= 11 is 0. The first-order chi connectivity index (χ1) is 20.3. The van der Waals surface area contributed by atoms with E-state index in [0.29, 0.717) is 11.8 Å². The lowest BCUT2D eigenvalue weighted by molar-refractivity contribution is 0.577. The van der Waals surface area contributed by atoms with E-state index in [2.05, 4.69) is 156 Å². The second-order valence-electron chi connectivity index (χ2n) is 17.9. The van der Waals surface area contributed by atoms with Gasteiger partial charge in [-0.15, -0.1) is 0 Å². The molecular weight excluding hydrogens is 528 g/mol. The van der Waals surface area contributed by atoms with E-state index < -0.39 is 0 Å². The van der Waals surface area contributed by atoms with Gasteiger partial charge in [-0.3, -0.25) is 0 Å². The van der Waals surface area contributed by atoms with Gasteiger partial charge in [0.2, 0.25) is 0 Å². The lowest BCUT2D eigenvalue weighted by atomic mass is 9.79. The minimum absolute atomic E-state index is 0.126. The van der Waals surface area contributed by atoms with Gasteiger partial charge in [-0.2, -0.15) is 0 Å². The highest BCUT2D eigenvalue weighted by Crippen LogP contribution is 2.53. The fourth-order valence-electron chi connectivity index (χ4n) is 7.54. The highest BCUT2D eigenvalue weighted by molar-refractivity contribution is 5.81. The van der Waals surface area contributed by atoms with Crippen molar-refractivity contribution in [1.82, 2.24) is 0 Å². The third-order valence-corrected chi connectivity index (χ3v) is 10.5. The number of rotatable bonds is 3. The van der Waals surface area contributed by atoms with Gasteiger partial charge in [0.25, 0.3) is 0 Å². The Balaban J connectivity index is 1.47. The Morgan fingerprint density at radius 1 is 0.341 bits per heavy atom. The Labute approximate surface area is 268 Å². The molecule has 0 heteroatoms. The van der Waals surface area contributed by atoms with Crippen LogP contribution in [0.4, 0.5) is 0 Å². The largest absolute Gasteiger partial charge is 0.0579 e. The minimum atomic E-state index is 0.126. The highest BCUT2D eigenvalue weighted by atomic mass is 14.4. The van der Waals surface area contributed by atoms with E-state index in [0.717, 1.165) is 12.8 Å². The fraction of sp³-hybridized carbons (Fsp3) is 0.455. The van der Waals surface area contributed by atoms with E-state index in [-0.39, 0.29) is 21.7 Å². The third-order valence-electron chi connectivity index (χ3n) is 10.5. The molecule has 0 aromatic heterocycles. The topological polar surface area (TPSA) is 0 Å². The van der Waals surface area contributed by atoms with Gasteiger partial charge in [-0.25, -0.2) is 0 Å². The second kappa shape index (κ2) is 10.2. The van der Waals surface area contributed by atoms with Crippen LogP contribution in [0.25, 0.3) is 22.3 Å². The molecule has 0 amide bonds. The van der Waals surface area contributed by atoms with E-state index in [9.17, 15) is 0 Å². The van der Waals surface area contributed by atoms with Crippen molar-refractivity contribution < 1.29 is 0 Å². The molecule has 0 radical (unpaired) electrons. The Morgan fingerprint density at radius 2 is 0.545 bits per heavy atom. The summed E-state index contributed by atoms with van der Waals surface area (Å²) < 4.78 is 0. The van der Waals surface area contributed by atoms with Crippen LogP contribution in [-0.4, -0.2) is 0 Å². The zero-order chi connectivity index (χ0) is 32.0. The molecule has 230 valence electrons. The van der Waals surface area contributed by atoms with Crippen LogP contribution in [0.3, 0.4) is 0 Å².